The fourth-order valence-electron chi connectivity index (χ4n) is 3.55. The second kappa shape index (κ2) is 8.04. The van der Waals surface area contributed by atoms with Crippen molar-refractivity contribution >= 4 is 38.7 Å². The van der Waals surface area contributed by atoms with Crippen molar-refractivity contribution in [1.29, 1.82) is 0 Å². The van der Waals surface area contributed by atoms with Crippen LogP contribution in [0.1, 0.15) is 39.0 Å². The number of carbonyl (C=O) groups excluding carboxylic acids is 1. The topological polar surface area (TPSA) is 84.3 Å². The fourth-order valence-corrected chi connectivity index (χ4v) is 5.97. The summed E-state index contributed by atoms with van der Waals surface area (Å²) in [4.78, 5) is 16.9. The standard InChI is InChI=1S/C19H26N4O3S2/c1-2-23-17-9-8-15(28(25,26)22-10-4-3-5-11-22)12-16(17)21-19(23)27-13-18(24)20-14-6-7-14/h8-9,12,14H,2-7,10-11,13H2,1H3,(H,20,24). The summed E-state index contributed by atoms with van der Waals surface area (Å²) in [5.74, 6) is 0.342. The SMILES string of the molecule is CCn1c(SCC(=O)NC2CC2)nc2cc(S(=O)(=O)N3CCCCC3)ccc21. The van der Waals surface area contributed by atoms with E-state index in [1.165, 1.54) is 11.8 Å². The molecule has 0 spiro atoms. The zero-order chi connectivity index (χ0) is 19.7. The minimum atomic E-state index is -3.48. The highest BCUT2D eigenvalue weighted by molar-refractivity contribution is 7.99. The molecule has 1 aliphatic carbocycles. The van der Waals surface area contributed by atoms with Gasteiger partial charge in [0.15, 0.2) is 5.16 Å². The number of benzene rings is 1. The first-order valence-corrected chi connectivity index (χ1v) is 12.3. The lowest BCUT2D eigenvalue weighted by molar-refractivity contribution is -0.118. The molecule has 1 aromatic carbocycles. The van der Waals surface area contributed by atoms with Crippen LogP contribution in [0, 0.1) is 0 Å². The molecule has 152 valence electrons. The lowest BCUT2D eigenvalue weighted by Crippen LogP contribution is -2.35. The molecule has 1 saturated carbocycles. The summed E-state index contributed by atoms with van der Waals surface area (Å²) in [5, 5.41) is 3.73. The van der Waals surface area contributed by atoms with E-state index in [2.05, 4.69) is 10.3 Å². The van der Waals surface area contributed by atoms with Crippen LogP contribution in [0.3, 0.4) is 0 Å². The van der Waals surface area contributed by atoms with Crippen LogP contribution in [0.15, 0.2) is 28.3 Å². The molecule has 0 unspecified atom stereocenters. The Morgan fingerprint density at radius 3 is 2.68 bits per heavy atom. The van der Waals surface area contributed by atoms with E-state index in [-0.39, 0.29) is 5.91 Å². The van der Waals surface area contributed by atoms with Gasteiger partial charge in [-0.05, 0) is 50.8 Å². The molecule has 2 aliphatic rings. The van der Waals surface area contributed by atoms with E-state index in [1.807, 2.05) is 17.6 Å². The molecule has 0 radical (unpaired) electrons. The van der Waals surface area contributed by atoms with E-state index in [0.29, 0.717) is 41.8 Å². The van der Waals surface area contributed by atoms with Crippen LogP contribution in [0.4, 0.5) is 0 Å². The maximum Gasteiger partial charge on any atom is 0.243 e. The molecular formula is C19H26N4O3S2. The Hall–Kier alpha value is -1.58. The highest BCUT2D eigenvalue weighted by Crippen LogP contribution is 2.28. The molecule has 1 amide bonds. The Kier molecular flexibility index (Phi) is 5.66. The second-order valence-corrected chi connectivity index (χ2v) is 10.3. The number of piperidine rings is 1. The molecule has 2 heterocycles. The van der Waals surface area contributed by atoms with Crippen LogP contribution in [0.2, 0.25) is 0 Å². The summed E-state index contributed by atoms with van der Waals surface area (Å²) >= 11 is 1.40. The Bertz CT molecular complexity index is 976. The number of aromatic nitrogens is 2. The minimum Gasteiger partial charge on any atom is -0.353 e. The Balaban J connectivity index is 1.57. The van der Waals surface area contributed by atoms with Crippen LogP contribution in [-0.4, -0.2) is 53.1 Å². The molecule has 1 saturated heterocycles. The van der Waals surface area contributed by atoms with Crippen LogP contribution in [-0.2, 0) is 21.4 Å². The van der Waals surface area contributed by atoms with E-state index < -0.39 is 10.0 Å². The average Bonchev–Trinajstić information content (AvgIpc) is 3.44. The monoisotopic (exact) mass is 422 g/mol. The number of thioether (sulfide) groups is 1. The number of hydrogen-bond donors (Lipinski definition) is 1. The van der Waals surface area contributed by atoms with Gasteiger partial charge < -0.3 is 9.88 Å². The van der Waals surface area contributed by atoms with Crippen LogP contribution >= 0.6 is 11.8 Å². The summed E-state index contributed by atoms with van der Waals surface area (Å²) < 4.78 is 29.5. The number of aryl methyl sites for hydroxylation is 1. The number of rotatable bonds is 7. The number of amides is 1. The molecule has 1 N–H and O–H groups in total. The maximum atomic E-state index is 12.9. The molecular weight excluding hydrogens is 396 g/mol. The summed E-state index contributed by atoms with van der Waals surface area (Å²) in [6, 6.07) is 5.52. The smallest absolute Gasteiger partial charge is 0.243 e. The van der Waals surface area contributed by atoms with Gasteiger partial charge in [0.05, 0.1) is 21.7 Å². The van der Waals surface area contributed by atoms with Crippen molar-refractivity contribution in [2.24, 2.45) is 0 Å². The van der Waals surface area contributed by atoms with Gasteiger partial charge in [-0.2, -0.15) is 4.31 Å². The molecule has 2 fully saturated rings. The first kappa shape index (κ1) is 19.7. The number of carbonyl (C=O) groups is 1. The second-order valence-electron chi connectivity index (χ2n) is 7.38. The summed E-state index contributed by atoms with van der Waals surface area (Å²) in [7, 11) is -3.48. The molecule has 1 aliphatic heterocycles. The van der Waals surface area contributed by atoms with E-state index in [1.54, 1.807) is 16.4 Å². The minimum absolute atomic E-state index is 0.0237. The van der Waals surface area contributed by atoms with Gasteiger partial charge in [-0.25, -0.2) is 13.4 Å². The normalized spacial score (nSPS) is 18.5. The highest BCUT2D eigenvalue weighted by atomic mass is 32.2. The highest BCUT2D eigenvalue weighted by Gasteiger charge is 2.27. The fraction of sp³-hybridized carbons (Fsp3) is 0.579. The van der Waals surface area contributed by atoms with E-state index in [9.17, 15) is 13.2 Å². The van der Waals surface area contributed by atoms with E-state index in [0.717, 1.165) is 42.8 Å². The lowest BCUT2D eigenvalue weighted by Gasteiger charge is -2.25. The summed E-state index contributed by atoms with van der Waals surface area (Å²) in [6.07, 6.45) is 5.04. The Morgan fingerprint density at radius 2 is 2.00 bits per heavy atom. The van der Waals surface area contributed by atoms with Crippen LogP contribution in [0.25, 0.3) is 11.0 Å². The van der Waals surface area contributed by atoms with Crippen LogP contribution in [0.5, 0.6) is 0 Å². The Labute approximate surface area is 169 Å². The zero-order valence-electron chi connectivity index (χ0n) is 16.1. The molecule has 0 bridgehead atoms. The van der Waals surface area contributed by atoms with Gasteiger partial charge in [0.2, 0.25) is 15.9 Å². The quantitative estimate of drug-likeness (QED) is 0.694. The molecule has 7 nitrogen and oxygen atoms in total. The van der Waals surface area contributed by atoms with Crippen molar-refractivity contribution in [3.63, 3.8) is 0 Å². The number of sulfonamides is 1. The third-order valence-corrected chi connectivity index (χ3v) is 8.10. The van der Waals surface area contributed by atoms with Gasteiger partial charge in [0, 0.05) is 25.7 Å². The first-order valence-electron chi connectivity index (χ1n) is 9.91. The van der Waals surface area contributed by atoms with Gasteiger partial charge in [-0.15, -0.1) is 0 Å². The van der Waals surface area contributed by atoms with Crippen molar-refractivity contribution in [2.75, 3.05) is 18.8 Å². The molecule has 0 atom stereocenters. The van der Waals surface area contributed by atoms with E-state index >= 15 is 0 Å². The number of fused-ring (bicyclic) bond motifs is 1. The molecule has 1 aromatic heterocycles. The van der Waals surface area contributed by atoms with Gasteiger partial charge in [0.1, 0.15) is 0 Å². The third-order valence-electron chi connectivity index (χ3n) is 5.23. The van der Waals surface area contributed by atoms with E-state index in [4.69, 9.17) is 0 Å². The molecule has 2 aromatic rings. The Morgan fingerprint density at radius 1 is 1.25 bits per heavy atom. The predicted octanol–water partition coefficient (Wildman–Crippen LogP) is 2.60. The maximum absolute atomic E-state index is 12.9. The van der Waals surface area contributed by atoms with Crippen molar-refractivity contribution in [3.8, 4) is 0 Å². The van der Waals surface area contributed by atoms with Crippen molar-refractivity contribution in [1.82, 2.24) is 19.2 Å². The first-order chi connectivity index (χ1) is 13.5. The van der Waals surface area contributed by atoms with Gasteiger partial charge in [0.25, 0.3) is 0 Å². The largest absolute Gasteiger partial charge is 0.353 e. The van der Waals surface area contributed by atoms with Crippen molar-refractivity contribution in [2.45, 2.75) is 61.7 Å². The molecule has 28 heavy (non-hydrogen) atoms. The molecule has 9 heteroatoms. The predicted molar refractivity (Wildman–Crippen MR) is 110 cm³/mol. The number of nitrogens with one attached hydrogen (secondary N) is 1. The number of nitrogens with zero attached hydrogens (tertiary/aromatic N) is 3. The summed E-state index contributed by atoms with van der Waals surface area (Å²) in [5.41, 5.74) is 1.55. The number of imidazole rings is 1. The van der Waals surface area contributed by atoms with Crippen molar-refractivity contribution < 1.29 is 13.2 Å². The van der Waals surface area contributed by atoms with Gasteiger partial charge in [-0.3, -0.25) is 4.79 Å². The van der Waals surface area contributed by atoms with Crippen molar-refractivity contribution in [3.05, 3.63) is 18.2 Å². The molecule has 4 rings (SSSR count). The summed E-state index contributed by atoms with van der Waals surface area (Å²) in [6.45, 7) is 3.90. The average molecular weight is 423 g/mol. The lowest BCUT2D eigenvalue weighted by atomic mass is 10.2. The zero-order valence-corrected chi connectivity index (χ0v) is 17.7. The number of hydrogen-bond acceptors (Lipinski definition) is 5. The van der Waals surface area contributed by atoms with Gasteiger partial charge in [-0.1, -0.05) is 18.2 Å². The van der Waals surface area contributed by atoms with Crippen LogP contribution < -0.4 is 5.32 Å². The van der Waals surface area contributed by atoms with Gasteiger partial charge >= 0.3 is 0 Å². The third kappa shape index (κ3) is 4.06.